The Bertz CT molecular complexity index is 1040. The van der Waals surface area contributed by atoms with E-state index >= 15 is 0 Å². The molecule has 1 spiro atoms. The van der Waals surface area contributed by atoms with Crippen molar-refractivity contribution >= 4 is 29.4 Å². The van der Waals surface area contributed by atoms with Crippen LogP contribution in [0.5, 0.6) is 0 Å². The predicted molar refractivity (Wildman–Crippen MR) is 111 cm³/mol. The van der Waals surface area contributed by atoms with Gasteiger partial charge in [-0.1, -0.05) is 12.1 Å². The highest BCUT2D eigenvalue weighted by atomic mass is 16.6. The third-order valence-electron chi connectivity index (χ3n) is 5.26. The van der Waals surface area contributed by atoms with E-state index in [-0.39, 0.29) is 18.4 Å². The van der Waals surface area contributed by atoms with Gasteiger partial charge in [0.2, 0.25) is 11.8 Å². The second kappa shape index (κ2) is 7.12. The van der Waals surface area contributed by atoms with Crippen molar-refractivity contribution in [2.24, 2.45) is 0 Å². The highest BCUT2D eigenvalue weighted by Gasteiger charge is 2.51. The Morgan fingerprint density at radius 1 is 1.20 bits per heavy atom. The normalized spacial score (nSPS) is 19.1. The summed E-state index contributed by atoms with van der Waals surface area (Å²) >= 11 is 0. The number of nitrogens with one attached hydrogen (secondary N) is 3. The fourth-order valence-electron chi connectivity index (χ4n) is 4.02. The van der Waals surface area contributed by atoms with Crippen LogP contribution >= 0.6 is 0 Å². The lowest BCUT2D eigenvalue weighted by Gasteiger charge is -2.20. The number of ether oxygens (including phenoxy) is 1. The number of carbonyl (C=O) groups is 3. The number of fused-ring (bicyclic) bond motifs is 3. The average molecular weight is 408 g/mol. The minimum absolute atomic E-state index is 0.0421. The van der Waals surface area contributed by atoms with Gasteiger partial charge < -0.3 is 20.7 Å². The molecule has 30 heavy (non-hydrogen) atoms. The molecule has 0 fully saturated rings. The number of benzene rings is 1. The first-order valence-corrected chi connectivity index (χ1v) is 9.82. The fraction of sp³-hybridized carbons (Fsp3) is 0.364. The van der Waals surface area contributed by atoms with Crippen LogP contribution in [0, 0.1) is 0 Å². The number of nitrogens with zero attached hydrogens (tertiary/aromatic N) is 1. The van der Waals surface area contributed by atoms with Crippen LogP contribution in [0.25, 0.3) is 0 Å². The van der Waals surface area contributed by atoms with Gasteiger partial charge in [-0.2, -0.15) is 0 Å². The van der Waals surface area contributed by atoms with Crippen LogP contribution in [0.15, 0.2) is 36.5 Å². The van der Waals surface area contributed by atoms with E-state index in [0.717, 1.165) is 16.7 Å². The van der Waals surface area contributed by atoms with Crippen LogP contribution < -0.4 is 16.0 Å². The number of rotatable bonds is 3. The number of alkyl carbamates (subject to hydrolysis) is 1. The van der Waals surface area contributed by atoms with Gasteiger partial charge in [0.15, 0.2) is 0 Å². The van der Waals surface area contributed by atoms with E-state index in [1.165, 1.54) is 0 Å². The van der Waals surface area contributed by atoms with Crippen molar-refractivity contribution in [3.8, 4) is 0 Å². The summed E-state index contributed by atoms with van der Waals surface area (Å²) in [5.41, 5.74) is 2.35. The molecule has 1 aliphatic carbocycles. The molecular formula is C22H24N4O4. The molecule has 8 nitrogen and oxygen atoms in total. The molecule has 2 heterocycles. The van der Waals surface area contributed by atoms with Crippen molar-refractivity contribution in [1.82, 2.24) is 10.3 Å². The quantitative estimate of drug-likeness (QED) is 0.723. The van der Waals surface area contributed by atoms with Crippen molar-refractivity contribution in [3.05, 3.63) is 53.2 Å². The first kappa shape index (κ1) is 19.9. The lowest BCUT2D eigenvalue weighted by Crippen LogP contribution is -2.37. The summed E-state index contributed by atoms with van der Waals surface area (Å²) in [5, 5.41) is 8.10. The van der Waals surface area contributed by atoms with Gasteiger partial charge in [-0.15, -0.1) is 0 Å². The van der Waals surface area contributed by atoms with Crippen LogP contribution in [0.4, 0.5) is 16.3 Å². The molecule has 8 heteroatoms. The van der Waals surface area contributed by atoms with Gasteiger partial charge in [-0.05, 0) is 62.9 Å². The molecule has 1 aliphatic heterocycles. The first-order chi connectivity index (χ1) is 14.2. The number of pyridine rings is 1. The zero-order chi connectivity index (χ0) is 21.5. The SMILES string of the molecule is CC(C)(C)OC(=O)NCC(=O)Nc1ccc2c(c1)CC1(C2)C(=O)Nc2ncccc21. The maximum atomic E-state index is 12.8. The first-order valence-electron chi connectivity index (χ1n) is 9.82. The number of hydrogen-bond donors (Lipinski definition) is 3. The molecule has 3 N–H and O–H groups in total. The largest absolute Gasteiger partial charge is 0.444 e. The molecule has 1 unspecified atom stereocenters. The standard InChI is InChI=1S/C22H24N4O4/c1-21(2,3)30-20(29)24-12-17(27)25-15-7-6-13-10-22(11-14(13)9-15)16-5-4-8-23-18(16)26-19(22)28/h4-9H,10-12H2,1-3H3,(H,24,29)(H,25,27)(H,23,26,28). The molecule has 3 amide bonds. The molecule has 4 rings (SSSR count). The zero-order valence-electron chi connectivity index (χ0n) is 17.2. The van der Waals surface area contributed by atoms with E-state index < -0.39 is 17.1 Å². The average Bonchev–Trinajstić information content (AvgIpc) is 3.17. The van der Waals surface area contributed by atoms with Crippen LogP contribution in [-0.4, -0.2) is 35.0 Å². The topological polar surface area (TPSA) is 109 Å². The molecule has 1 atom stereocenters. The summed E-state index contributed by atoms with van der Waals surface area (Å²) in [7, 11) is 0. The molecule has 0 saturated heterocycles. The second-order valence-corrected chi connectivity index (χ2v) is 8.68. The van der Waals surface area contributed by atoms with Gasteiger partial charge in [0.25, 0.3) is 0 Å². The summed E-state index contributed by atoms with van der Waals surface area (Å²) in [6.07, 6.45) is 2.17. The van der Waals surface area contributed by atoms with E-state index in [4.69, 9.17) is 4.74 Å². The Kier molecular flexibility index (Phi) is 4.72. The molecular weight excluding hydrogens is 384 g/mol. The fourth-order valence-corrected chi connectivity index (χ4v) is 4.02. The van der Waals surface area contributed by atoms with Gasteiger partial charge in [0.05, 0.1) is 5.41 Å². The Morgan fingerprint density at radius 2 is 1.97 bits per heavy atom. The van der Waals surface area contributed by atoms with Crippen molar-refractivity contribution < 1.29 is 19.1 Å². The van der Waals surface area contributed by atoms with Crippen LogP contribution in [0.1, 0.15) is 37.5 Å². The molecule has 0 saturated carbocycles. The minimum atomic E-state index is -0.646. The van der Waals surface area contributed by atoms with Crippen LogP contribution in [-0.2, 0) is 32.6 Å². The van der Waals surface area contributed by atoms with E-state index in [1.54, 1.807) is 33.0 Å². The summed E-state index contributed by atoms with van der Waals surface area (Å²) in [4.78, 5) is 40.9. The summed E-state index contributed by atoms with van der Waals surface area (Å²) in [6, 6.07) is 9.41. The Balaban J connectivity index is 1.43. The van der Waals surface area contributed by atoms with Crippen molar-refractivity contribution in [2.75, 3.05) is 17.2 Å². The molecule has 0 radical (unpaired) electrons. The van der Waals surface area contributed by atoms with E-state index in [2.05, 4.69) is 20.9 Å². The van der Waals surface area contributed by atoms with Gasteiger partial charge in [0, 0.05) is 17.4 Å². The molecule has 1 aromatic heterocycles. The Labute approximate surface area is 174 Å². The number of hydrogen-bond acceptors (Lipinski definition) is 5. The zero-order valence-corrected chi connectivity index (χ0v) is 17.2. The number of anilines is 2. The van der Waals surface area contributed by atoms with E-state index in [1.807, 2.05) is 24.3 Å². The van der Waals surface area contributed by atoms with Crippen molar-refractivity contribution in [1.29, 1.82) is 0 Å². The Hall–Kier alpha value is -3.42. The molecule has 1 aromatic carbocycles. The third kappa shape index (κ3) is 3.72. The molecule has 2 aliphatic rings. The van der Waals surface area contributed by atoms with Crippen LogP contribution in [0.2, 0.25) is 0 Å². The lowest BCUT2D eigenvalue weighted by atomic mass is 9.79. The summed E-state index contributed by atoms with van der Waals surface area (Å²) < 4.78 is 5.12. The van der Waals surface area contributed by atoms with Crippen molar-refractivity contribution in [2.45, 2.75) is 44.6 Å². The Morgan fingerprint density at radius 3 is 2.73 bits per heavy atom. The molecule has 156 valence electrons. The predicted octanol–water partition coefficient (Wildman–Crippen LogP) is 2.53. The molecule has 0 bridgehead atoms. The van der Waals surface area contributed by atoms with Crippen molar-refractivity contribution in [3.63, 3.8) is 0 Å². The van der Waals surface area contributed by atoms with Gasteiger partial charge in [0.1, 0.15) is 18.0 Å². The van der Waals surface area contributed by atoms with E-state index in [9.17, 15) is 14.4 Å². The maximum Gasteiger partial charge on any atom is 0.408 e. The monoisotopic (exact) mass is 408 g/mol. The molecule has 2 aromatic rings. The summed E-state index contributed by atoms with van der Waals surface area (Å²) in [6.45, 7) is 5.06. The van der Waals surface area contributed by atoms with Gasteiger partial charge >= 0.3 is 6.09 Å². The van der Waals surface area contributed by atoms with E-state index in [0.29, 0.717) is 24.3 Å². The number of amides is 3. The summed E-state index contributed by atoms with van der Waals surface area (Å²) in [5.74, 6) is 0.221. The third-order valence-corrected chi connectivity index (χ3v) is 5.26. The second-order valence-electron chi connectivity index (χ2n) is 8.68. The smallest absolute Gasteiger partial charge is 0.408 e. The van der Waals surface area contributed by atoms with Gasteiger partial charge in [-0.3, -0.25) is 9.59 Å². The number of aromatic nitrogens is 1. The maximum absolute atomic E-state index is 12.8. The highest BCUT2D eigenvalue weighted by molar-refractivity contribution is 6.06. The van der Waals surface area contributed by atoms with Gasteiger partial charge in [-0.25, -0.2) is 9.78 Å². The minimum Gasteiger partial charge on any atom is -0.444 e. The number of carbonyl (C=O) groups excluding carboxylic acids is 3. The lowest BCUT2D eigenvalue weighted by molar-refractivity contribution is -0.120. The highest BCUT2D eigenvalue weighted by Crippen LogP contribution is 2.46. The van der Waals surface area contributed by atoms with Crippen LogP contribution in [0.3, 0.4) is 0 Å².